The normalized spacial score (nSPS) is 23.4. The number of hydrogen-bond acceptors (Lipinski definition) is 2. The predicted octanol–water partition coefficient (Wildman–Crippen LogP) is 4.05. The molecule has 0 amide bonds. The summed E-state index contributed by atoms with van der Waals surface area (Å²) >= 11 is 0. The van der Waals surface area contributed by atoms with Crippen molar-refractivity contribution in [3.63, 3.8) is 0 Å². The number of hydrogen-bond donors (Lipinski definition) is 1. The summed E-state index contributed by atoms with van der Waals surface area (Å²) in [6, 6.07) is 8.35. The topological polar surface area (TPSA) is 15.3 Å². The molecule has 1 aromatic carbocycles. The Labute approximate surface area is 130 Å². The molecule has 2 atom stereocenters. The lowest BCUT2D eigenvalue weighted by molar-refractivity contribution is 0.112. The van der Waals surface area contributed by atoms with Gasteiger partial charge in [0, 0.05) is 31.7 Å². The number of aryl methyl sites for hydroxylation is 2. The van der Waals surface area contributed by atoms with Gasteiger partial charge >= 0.3 is 0 Å². The van der Waals surface area contributed by atoms with Gasteiger partial charge in [-0.3, -0.25) is 4.90 Å². The Morgan fingerprint density at radius 1 is 1.05 bits per heavy atom. The predicted molar refractivity (Wildman–Crippen MR) is 91.7 cm³/mol. The van der Waals surface area contributed by atoms with Crippen molar-refractivity contribution in [1.82, 2.24) is 10.2 Å². The van der Waals surface area contributed by atoms with Gasteiger partial charge in [0.25, 0.3) is 0 Å². The molecule has 0 saturated carbocycles. The van der Waals surface area contributed by atoms with Crippen molar-refractivity contribution >= 4 is 0 Å². The molecule has 1 aromatic rings. The average molecular weight is 288 g/mol. The van der Waals surface area contributed by atoms with E-state index in [1.165, 1.54) is 48.9 Å². The van der Waals surface area contributed by atoms with Gasteiger partial charge in [0.05, 0.1) is 0 Å². The average Bonchev–Trinajstić information content (AvgIpc) is 2.41. The maximum absolute atomic E-state index is 3.75. The highest BCUT2D eigenvalue weighted by Crippen LogP contribution is 2.19. The molecule has 1 aliphatic rings. The molecule has 0 aromatic heterocycles. The molecule has 118 valence electrons. The minimum atomic E-state index is 0.675. The van der Waals surface area contributed by atoms with Gasteiger partial charge in [-0.15, -0.1) is 0 Å². The van der Waals surface area contributed by atoms with Crippen LogP contribution in [0, 0.1) is 13.8 Å². The van der Waals surface area contributed by atoms with Crippen LogP contribution in [0.3, 0.4) is 0 Å². The summed E-state index contributed by atoms with van der Waals surface area (Å²) in [5.74, 6) is 0. The van der Waals surface area contributed by atoms with Gasteiger partial charge in [-0.05, 0) is 32.3 Å². The maximum atomic E-state index is 3.75. The molecule has 2 nitrogen and oxygen atoms in total. The van der Waals surface area contributed by atoms with Crippen LogP contribution in [0.25, 0.3) is 0 Å². The van der Waals surface area contributed by atoms with Crippen molar-refractivity contribution in [2.24, 2.45) is 0 Å². The van der Waals surface area contributed by atoms with Crippen molar-refractivity contribution in [2.75, 3.05) is 13.1 Å². The van der Waals surface area contributed by atoms with Crippen LogP contribution in [0.5, 0.6) is 0 Å². The van der Waals surface area contributed by atoms with Crippen molar-refractivity contribution in [3.8, 4) is 0 Å². The standard InChI is InChI=1S/C19H32N2/c1-5-7-18-14-21(19(8-6-2)12-20-18)13-17-10-15(3)9-16(4)11-17/h9-11,18-20H,5-8,12-14H2,1-4H3. The van der Waals surface area contributed by atoms with E-state index in [2.05, 4.69) is 56.1 Å². The van der Waals surface area contributed by atoms with Crippen LogP contribution >= 0.6 is 0 Å². The number of piperazine rings is 1. The first-order chi connectivity index (χ1) is 10.1. The van der Waals surface area contributed by atoms with E-state index in [9.17, 15) is 0 Å². The second-order valence-corrected chi connectivity index (χ2v) is 6.76. The van der Waals surface area contributed by atoms with Crippen LogP contribution in [0.15, 0.2) is 18.2 Å². The molecule has 0 bridgehead atoms. The van der Waals surface area contributed by atoms with Gasteiger partial charge < -0.3 is 5.32 Å². The molecule has 1 N–H and O–H groups in total. The smallest absolute Gasteiger partial charge is 0.0238 e. The van der Waals surface area contributed by atoms with E-state index in [1.54, 1.807) is 0 Å². The zero-order valence-electron chi connectivity index (χ0n) is 14.3. The van der Waals surface area contributed by atoms with Crippen LogP contribution in [0.4, 0.5) is 0 Å². The quantitative estimate of drug-likeness (QED) is 0.849. The summed E-state index contributed by atoms with van der Waals surface area (Å²) in [4.78, 5) is 2.72. The van der Waals surface area contributed by atoms with Crippen LogP contribution in [0.2, 0.25) is 0 Å². The summed E-state index contributed by atoms with van der Waals surface area (Å²) in [6.45, 7) is 12.5. The zero-order valence-corrected chi connectivity index (χ0v) is 14.3. The molecule has 21 heavy (non-hydrogen) atoms. The highest BCUT2D eigenvalue weighted by atomic mass is 15.2. The molecule has 1 fully saturated rings. The number of rotatable bonds is 6. The van der Waals surface area contributed by atoms with Crippen LogP contribution in [-0.2, 0) is 6.54 Å². The Morgan fingerprint density at radius 2 is 1.71 bits per heavy atom. The molecule has 1 aliphatic heterocycles. The highest BCUT2D eigenvalue weighted by Gasteiger charge is 2.26. The minimum absolute atomic E-state index is 0.675. The molecule has 2 rings (SSSR count). The second kappa shape index (κ2) is 7.95. The molecule has 2 heteroatoms. The highest BCUT2D eigenvalue weighted by molar-refractivity contribution is 5.28. The Hall–Kier alpha value is -0.860. The lowest BCUT2D eigenvalue weighted by Crippen LogP contribution is -2.55. The van der Waals surface area contributed by atoms with Gasteiger partial charge in [-0.2, -0.15) is 0 Å². The molecular formula is C19H32N2. The first-order valence-electron chi connectivity index (χ1n) is 8.67. The largest absolute Gasteiger partial charge is 0.311 e. The molecule has 0 radical (unpaired) electrons. The zero-order chi connectivity index (χ0) is 15.2. The van der Waals surface area contributed by atoms with E-state index in [-0.39, 0.29) is 0 Å². The lowest BCUT2D eigenvalue weighted by Gasteiger charge is -2.40. The first kappa shape index (κ1) is 16.5. The SMILES string of the molecule is CCCC1CN(Cc2cc(C)cc(C)c2)C(CCC)CN1. The monoisotopic (exact) mass is 288 g/mol. The molecule has 2 unspecified atom stereocenters. The van der Waals surface area contributed by atoms with Gasteiger partial charge in [0.1, 0.15) is 0 Å². The van der Waals surface area contributed by atoms with E-state index in [1.807, 2.05) is 0 Å². The van der Waals surface area contributed by atoms with E-state index in [0.717, 1.165) is 13.1 Å². The number of nitrogens with zero attached hydrogens (tertiary/aromatic N) is 1. The van der Waals surface area contributed by atoms with E-state index in [0.29, 0.717) is 12.1 Å². The summed E-state index contributed by atoms with van der Waals surface area (Å²) in [5.41, 5.74) is 4.25. The van der Waals surface area contributed by atoms with Gasteiger partial charge in [-0.25, -0.2) is 0 Å². The van der Waals surface area contributed by atoms with Crippen molar-refractivity contribution in [3.05, 3.63) is 34.9 Å². The Bertz CT molecular complexity index is 421. The van der Waals surface area contributed by atoms with Gasteiger partial charge in [0.2, 0.25) is 0 Å². The van der Waals surface area contributed by atoms with E-state index in [4.69, 9.17) is 0 Å². The van der Waals surface area contributed by atoms with Crippen molar-refractivity contribution < 1.29 is 0 Å². The molecule has 0 aliphatic carbocycles. The van der Waals surface area contributed by atoms with Gasteiger partial charge in [-0.1, -0.05) is 56.0 Å². The molecular weight excluding hydrogens is 256 g/mol. The lowest BCUT2D eigenvalue weighted by atomic mass is 10.00. The van der Waals surface area contributed by atoms with E-state index < -0.39 is 0 Å². The fraction of sp³-hybridized carbons (Fsp3) is 0.684. The fourth-order valence-corrected chi connectivity index (χ4v) is 3.68. The van der Waals surface area contributed by atoms with E-state index >= 15 is 0 Å². The number of nitrogens with one attached hydrogen (secondary N) is 1. The Balaban J connectivity index is 2.07. The maximum Gasteiger partial charge on any atom is 0.0238 e. The second-order valence-electron chi connectivity index (χ2n) is 6.76. The molecule has 1 saturated heterocycles. The summed E-state index contributed by atoms with van der Waals surface area (Å²) in [7, 11) is 0. The summed E-state index contributed by atoms with van der Waals surface area (Å²) in [5, 5.41) is 3.75. The fourth-order valence-electron chi connectivity index (χ4n) is 3.68. The summed E-state index contributed by atoms with van der Waals surface area (Å²) in [6.07, 6.45) is 5.14. The molecule has 1 heterocycles. The van der Waals surface area contributed by atoms with Crippen LogP contribution in [-0.4, -0.2) is 30.1 Å². The van der Waals surface area contributed by atoms with Crippen LogP contribution < -0.4 is 5.32 Å². The van der Waals surface area contributed by atoms with Crippen molar-refractivity contribution in [2.45, 2.75) is 72.0 Å². The van der Waals surface area contributed by atoms with Crippen molar-refractivity contribution in [1.29, 1.82) is 0 Å². The molecule has 0 spiro atoms. The third kappa shape index (κ3) is 4.82. The number of benzene rings is 1. The Morgan fingerprint density at radius 3 is 2.33 bits per heavy atom. The van der Waals surface area contributed by atoms with Crippen LogP contribution in [0.1, 0.15) is 56.2 Å². The Kier molecular flexibility index (Phi) is 6.25. The summed E-state index contributed by atoms with van der Waals surface area (Å²) < 4.78 is 0. The third-order valence-electron chi connectivity index (χ3n) is 4.54. The minimum Gasteiger partial charge on any atom is -0.311 e. The van der Waals surface area contributed by atoms with Gasteiger partial charge in [0.15, 0.2) is 0 Å². The third-order valence-corrected chi connectivity index (χ3v) is 4.54. The first-order valence-corrected chi connectivity index (χ1v) is 8.67.